The normalized spacial score (nSPS) is 11.2. The summed E-state index contributed by atoms with van der Waals surface area (Å²) in [5.74, 6) is 0.624. The number of aromatic nitrogens is 3. The molecule has 0 aliphatic rings. The van der Waals surface area contributed by atoms with Crippen LogP contribution in [0.4, 0.5) is 0 Å². The maximum absolute atomic E-state index is 12.5. The molecule has 3 aromatic rings. The van der Waals surface area contributed by atoms with Crippen molar-refractivity contribution in [2.75, 3.05) is 26.7 Å². The molecule has 1 amide bonds. The number of hydrogen-bond donors (Lipinski definition) is 2. The molecule has 2 heterocycles. The van der Waals surface area contributed by atoms with Crippen molar-refractivity contribution in [3.05, 3.63) is 83.9 Å². The van der Waals surface area contributed by atoms with E-state index >= 15 is 0 Å². The number of amides is 1. The van der Waals surface area contributed by atoms with Crippen LogP contribution in [0.3, 0.4) is 0 Å². The molecule has 0 bridgehead atoms. The fourth-order valence-corrected chi connectivity index (χ4v) is 3.19. The Kier molecular flexibility index (Phi) is 8.80. The van der Waals surface area contributed by atoms with E-state index in [1.807, 2.05) is 61.2 Å². The van der Waals surface area contributed by atoms with Gasteiger partial charge in [0.2, 0.25) is 5.91 Å². The Bertz CT molecular complexity index is 987. The number of carbonyl (C=O) groups excluding carboxylic acids is 1. The number of hydrogen-bond acceptors (Lipinski definition) is 4. The summed E-state index contributed by atoms with van der Waals surface area (Å²) in [6.07, 6.45) is 6.22. The Labute approximate surface area is 189 Å². The van der Waals surface area contributed by atoms with Crippen molar-refractivity contribution in [1.82, 2.24) is 30.3 Å². The third kappa shape index (κ3) is 7.23. The molecular formula is C24H31N7O. The molecule has 0 saturated heterocycles. The lowest BCUT2D eigenvalue weighted by atomic mass is 10.1. The molecule has 1 aromatic carbocycles. The first kappa shape index (κ1) is 23.0. The largest absolute Gasteiger partial charge is 0.357 e. The van der Waals surface area contributed by atoms with Gasteiger partial charge in [0.05, 0.1) is 19.6 Å². The lowest BCUT2D eigenvalue weighted by molar-refractivity contribution is -0.128. The molecule has 0 atom stereocenters. The summed E-state index contributed by atoms with van der Waals surface area (Å²) in [5, 5.41) is 10.6. The fourth-order valence-electron chi connectivity index (χ4n) is 3.19. The second kappa shape index (κ2) is 12.2. The molecule has 0 unspecified atom stereocenters. The van der Waals surface area contributed by atoms with Crippen LogP contribution in [0.15, 0.2) is 72.1 Å². The van der Waals surface area contributed by atoms with Gasteiger partial charge in [-0.15, -0.1) is 0 Å². The molecule has 0 fully saturated rings. The van der Waals surface area contributed by atoms with Gasteiger partial charge in [-0.25, -0.2) is 4.99 Å². The monoisotopic (exact) mass is 433 g/mol. The lowest BCUT2D eigenvalue weighted by Crippen LogP contribution is -2.44. The van der Waals surface area contributed by atoms with E-state index in [1.54, 1.807) is 17.3 Å². The van der Waals surface area contributed by atoms with Crippen molar-refractivity contribution in [3.8, 4) is 0 Å². The Morgan fingerprint density at radius 1 is 1.06 bits per heavy atom. The number of likely N-dealkylation sites (N-methyl/N-ethyl adjacent to an activating group) is 1. The van der Waals surface area contributed by atoms with Crippen LogP contribution in [0.5, 0.6) is 0 Å². The minimum atomic E-state index is 0.00520. The second-order valence-electron chi connectivity index (χ2n) is 7.41. The highest BCUT2D eigenvalue weighted by Gasteiger charge is 2.10. The number of pyridine rings is 1. The van der Waals surface area contributed by atoms with E-state index in [-0.39, 0.29) is 12.5 Å². The zero-order valence-corrected chi connectivity index (χ0v) is 18.7. The lowest BCUT2D eigenvalue weighted by Gasteiger charge is -2.18. The highest BCUT2D eigenvalue weighted by molar-refractivity contribution is 5.86. The second-order valence-corrected chi connectivity index (χ2v) is 7.41. The van der Waals surface area contributed by atoms with Crippen molar-refractivity contribution in [2.24, 2.45) is 4.99 Å². The van der Waals surface area contributed by atoms with E-state index in [0.717, 1.165) is 17.7 Å². The quantitative estimate of drug-likeness (QED) is 0.378. The molecule has 2 N–H and O–H groups in total. The van der Waals surface area contributed by atoms with Gasteiger partial charge >= 0.3 is 0 Å². The van der Waals surface area contributed by atoms with Crippen LogP contribution in [0.2, 0.25) is 0 Å². The summed E-state index contributed by atoms with van der Waals surface area (Å²) in [7, 11) is 1.81. The Morgan fingerprint density at radius 2 is 1.88 bits per heavy atom. The summed E-state index contributed by atoms with van der Waals surface area (Å²) >= 11 is 0. The molecule has 0 saturated carbocycles. The molecular weight excluding hydrogens is 402 g/mol. The van der Waals surface area contributed by atoms with Crippen LogP contribution in [0.1, 0.15) is 23.7 Å². The van der Waals surface area contributed by atoms with Gasteiger partial charge in [-0.3, -0.25) is 14.5 Å². The van der Waals surface area contributed by atoms with Gasteiger partial charge in [-0.2, -0.15) is 5.10 Å². The molecule has 0 aliphatic heterocycles. The van der Waals surface area contributed by atoms with Crippen LogP contribution in [-0.2, 0) is 24.3 Å². The van der Waals surface area contributed by atoms with Gasteiger partial charge in [0.25, 0.3) is 0 Å². The van der Waals surface area contributed by atoms with Crippen molar-refractivity contribution in [2.45, 2.75) is 26.4 Å². The van der Waals surface area contributed by atoms with E-state index in [0.29, 0.717) is 32.1 Å². The van der Waals surface area contributed by atoms with E-state index in [9.17, 15) is 4.79 Å². The first-order chi connectivity index (χ1) is 15.7. The topological polar surface area (TPSA) is 87.4 Å². The van der Waals surface area contributed by atoms with E-state index in [2.05, 4.69) is 37.8 Å². The maximum atomic E-state index is 12.5. The molecule has 2 aromatic heterocycles. The number of rotatable bonds is 10. The van der Waals surface area contributed by atoms with Gasteiger partial charge in [-0.05, 0) is 36.2 Å². The van der Waals surface area contributed by atoms with Gasteiger partial charge in [0.15, 0.2) is 5.96 Å². The van der Waals surface area contributed by atoms with Crippen molar-refractivity contribution in [1.29, 1.82) is 0 Å². The predicted octanol–water partition coefficient (Wildman–Crippen LogP) is 2.08. The molecule has 168 valence electrons. The van der Waals surface area contributed by atoms with Gasteiger partial charge in [-0.1, -0.05) is 30.3 Å². The number of nitrogens with one attached hydrogen (secondary N) is 2. The first-order valence-corrected chi connectivity index (χ1v) is 10.9. The number of nitrogens with zero attached hydrogens (tertiary/aromatic N) is 5. The minimum Gasteiger partial charge on any atom is -0.357 e. The standard InChI is InChI=1S/C24H31N7O/c1-3-25-24(28-18-23(32)30(2)16-12-22-11-6-7-13-26-22)27-17-20-9-4-5-10-21(20)19-31-15-8-14-29-31/h4-11,13-15H,3,12,16-19H2,1-2H3,(H2,25,27,28). The van der Waals surface area contributed by atoms with Gasteiger partial charge in [0, 0.05) is 50.8 Å². The summed E-state index contributed by atoms with van der Waals surface area (Å²) in [6.45, 7) is 4.72. The number of guanidine groups is 1. The smallest absolute Gasteiger partial charge is 0.241 e. The number of carbonyl (C=O) groups is 1. The number of benzene rings is 1. The fraction of sp³-hybridized carbons (Fsp3) is 0.333. The van der Waals surface area contributed by atoms with Crippen LogP contribution >= 0.6 is 0 Å². The van der Waals surface area contributed by atoms with E-state index in [1.165, 1.54) is 5.56 Å². The Hall–Kier alpha value is -3.68. The predicted molar refractivity (Wildman–Crippen MR) is 126 cm³/mol. The summed E-state index contributed by atoms with van der Waals surface area (Å²) < 4.78 is 1.89. The van der Waals surface area contributed by atoms with Gasteiger partial charge in [0.1, 0.15) is 0 Å². The average molecular weight is 434 g/mol. The highest BCUT2D eigenvalue weighted by Crippen LogP contribution is 2.11. The minimum absolute atomic E-state index is 0.00520. The summed E-state index contributed by atoms with van der Waals surface area (Å²) in [6, 6.07) is 15.9. The third-order valence-electron chi connectivity index (χ3n) is 5.02. The van der Waals surface area contributed by atoms with Crippen molar-refractivity contribution >= 4 is 11.9 Å². The molecule has 8 nitrogen and oxygen atoms in total. The molecule has 3 rings (SSSR count). The van der Waals surface area contributed by atoms with Crippen LogP contribution in [0.25, 0.3) is 0 Å². The maximum Gasteiger partial charge on any atom is 0.241 e. The molecule has 32 heavy (non-hydrogen) atoms. The molecule has 0 spiro atoms. The molecule has 0 radical (unpaired) electrons. The average Bonchev–Trinajstić information content (AvgIpc) is 3.33. The van der Waals surface area contributed by atoms with Crippen molar-refractivity contribution < 1.29 is 4.79 Å². The summed E-state index contributed by atoms with van der Waals surface area (Å²) in [5.41, 5.74) is 3.27. The zero-order chi connectivity index (χ0) is 22.6. The summed E-state index contributed by atoms with van der Waals surface area (Å²) in [4.78, 5) is 23.2. The van der Waals surface area contributed by atoms with Gasteiger partial charge < -0.3 is 15.5 Å². The van der Waals surface area contributed by atoms with E-state index in [4.69, 9.17) is 0 Å². The molecule has 8 heteroatoms. The van der Waals surface area contributed by atoms with Crippen LogP contribution in [0, 0.1) is 0 Å². The molecule has 0 aliphatic carbocycles. The first-order valence-electron chi connectivity index (χ1n) is 10.9. The highest BCUT2D eigenvalue weighted by atomic mass is 16.2. The van der Waals surface area contributed by atoms with Crippen molar-refractivity contribution in [3.63, 3.8) is 0 Å². The van der Waals surface area contributed by atoms with Crippen LogP contribution in [-0.4, -0.2) is 58.2 Å². The zero-order valence-electron chi connectivity index (χ0n) is 18.7. The van der Waals surface area contributed by atoms with Crippen LogP contribution < -0.4 is 10.6 Å². The number of aliphatic imine (C=N–C) groups is 1. The Morgan fingerprint density at radius 3 is 2.59 bits per heavy atom. The SMILES string of the molecule is CCNC(=NCc1ccccc1Cn1cccn1)NCC(=O)N(C)CCc1ccccn1. The third-order valence-corrected chi connectivity index (χ3v) is 5.02. The van der Waals surface area contributed by atoms with E-state index < -0.39 is 0 Å². The Balaban J connectivity index is 1.54.